The van der Waals surface area contributed by atoms with Gasteiger partial charge in [-0.25, -0.2) is 4.98 Å². The molecule has 1 aliphatic carbocycles. The first-order chi connectivity index (χ1) is 11.3. The first-order valence-electron chi connectivity index (χ1n) is 8.32. The maximum absolute atomic E-state index is 12.7. The first kappa shape index (κ1) is 14.2. The van der Waals surface area contributed by atoms with Gasteiger partial charge in [0.25, 0.3) is 0 Å². The number of amides is 1. The number of rotatable bonds is 3. The molecule has 0 spiro atoms. The number of benzene rings is 1. The fourth-order valence-electron chi connectivity index (χ4n) is 3.47. The minimum absolute atomic E-state index is 0.193. The van der Waals surface area contributed by atoms with Gasteiger partial charge in [0.1, 0.15) is 5.82 Å². The molecule has 118 valence electrons. The summed E-state index contributed by atoms with van der Waals surface area (Å²) in [6.07, 6.45) is 2.82. The van der Waals surface area contributed by atoms with E-state index in [1.807, 2.05) is 35.4 Å². The fraction of sp³-hybridized carbons (Fsp3) is 0.368. The third-order valence-corrected chi connectivity index (χ3v) is 4.90. The maximum atomic E-state index is 12.7. The number of nitrogens with zero attached hydrogens (tertiary/aromatic N) is 3. The Labute approximate surface area is 136 Å². The zero-order chi connectivity index (χ0) is 15.6. The molecule has 2 fully saturated rings. The molecule has 4 nitrogen and oxygen atoms in total. The van der Waals surface area contributed by atoms with E-state index in [-0.39, 0.29) is 5.92 Å². The summed E-state index contributed by atoms with van der Waals surface area (Å²) in [5, 5.41) is 0. The summed E-state index contributed by atoms with van der Waals surface area (Å²) in [7, 11) is 0. The van der Waals surface area contributed by atoms with Crippen LogP contribution in [0.2, 0.25) is 0 Å². The molecule has 4 rings (SSSR count). The van der Waals surface area contributed by atoms with E-state index in [0.717, 1.165) is 38.4 Å². The van der Waals surface area contributed by atoms with Gasteiger partial charge in [-0.15, -0.1) is 0 Å². The first-order valence-corrected chi connectivity index (χ1v) is 8.32. The highest BCUT2D eigenvalue weighted by molar-refractivity contribution is 5.83. The van der Waals surface area contributed by atoms with Crippen molar-refractivity contribution < 1.29 is 4.79 Å². The third-order valence-electron chi connectivity index (χ3n) is 4.90. The Hall–Kier alpha value is -2.36. The van der Waals surface area contributed by atoms with E-state index in [4.69, 9.17) is 0 Å². The summed E-state index contributed by atoms with van der Waals surface area (Å²) in [4.78, 5) is 21.4. The van der Waals surface area contributed by atoms with Crippen molar-refractivity contribution in [1.29, 1.82) is 0 Å². The summed E-state index contributed by atoms with van der Waals surface area (Å²) in [6, 6.07) is 16.4. The summed E-state index contributed by atoms with van der Waals surface area (Å²) in [6.45, 7) is 3.33. The molecule has 1 aromatic carbocycles. The van der Waals surface area contributed by atoms with Crippen molar-refractivity contribution >= 4 is 11.7 Å². The topological polar surface area (TPSA) is 36.4 Å². The molecule has 1 saturated heterocycles. The number of piperazine rings is 1. The summed E-state index contributed by atoms with van der Waals surface area (Å²) in [5.74, 6) is 1.96. The van der Waals surface area contributed by atoms with E-state index < -0.39 is 0 Å². The van der Waals surface area contributed by atoms with Crippen LogP contribution < -0.4 is 4.90 Å². The van der Waals surface area contributed by atoms with E-state index in [0.29, 0.717) is 11.8 Å². The van der Waals surface area contributed by atoms with E-state index in [9.17, 15) is 4.79 Å². The maximum Gasteiger partial charge on any atom is 0.226 e. The highest BCUT2D eigenvalue weighted by Crippen LogP contribution is 2.48. The molecular weight excluding hydrogens is 286 g/mol. The van der Waals surface area contributed by atoms with Crippen LogP contribution in [0.4, 0.5) is 5.82 Å². The van der Waals surface area contributed by atoms with Gasteiger partial charge >= 0.3 is 0 Å². The number of hydrogen-bond acceptors (Lipinski definition) is 3. The zero-order valence-electron chi connectivity index (χ0n) is 13.1. The van der Waals surface area contributed by atoms with Gasteiger partial charge in [0.2, 0.25) is 5.91 Å². The van der Waals surface area contributed by atoms with Crippen molar-refractivity contribution in [3.8, 4) is 0 Å². The lowest BCUT2D eigenvalue weighted by Gasteiger charge is -2.35. The van der Waals surface area contributed by atoms with Crippen molar-refractivity contribution in [3.05, 3.63) is 60.3 Å². The Kier molecular flexibility index (Phi) is 3.74. The molecule has 0 N–H and O–H groups in total. The highest BCUT2D eigenvalue weighted by atomic mass is 16.2. The number of pyridine rings is 1. The van der Waals surface area contributed by atoms with Gasteiger partial charge in [0.15, 0.2) is 0 Å². The molecule has 1 aromatic heterocycles. The van der Waals surface area contributed by atoms with Crippen molar-refractivity contribution in [2.24, 2.45) is 5.92 Å². The SMILES string of the molecule is O=C(C1CC1c1ccccc1)N1CCN(c2ccccn2)CC1. The molecular formula is C19H21N3O. The molecule has 1 amide bonds. The number of anilines is 1. The summed E-state index contributed by atoms with van der Waals surface area (Å²) < 4.78 is 0. The van der Waals surface area contributed by atoms with E-state index in [1.165, 1.54) is 5.56 Å². The predicted octanol–water partition coefficient (Wildman–Crippen LogP) is 2.53. The number of carbonyl (C=O) groups is 1. The van der Waals surface area contributed by atoms with Crippen LogP contribution in [0.5, 0.6) is 0 Å². The normalized spacial score (nSPS) is 23.7. The van der Waals surface area contributed by atoms with Gasteiger partial charge in [0.05, 0.1) is 0 Å². The lowest BCUT2D eigenvalue weighted by Crippen LogP contribution is -2.49. The average molecular weight is 307 g/mol. The fourth-order valence-corrected chi connectivity index (χ4v) is 3.47. The van der Waals surface area contributed by atoms with Crippen LogP contribution in [0, 0.1) is 5.92 Å². The molecule has 2 unspecified atom stereocenters. The van der Waals surface area contributed by atoms with Crippen LogP contribution in [0.3, 0.4) is 0 Å². The van der Waals surface area contributed by atoms with Gasteiger partial charge in [0, 0.05) is 38.3 Å². The monoisotopic (exact) mass is 307 g/mol. The molecule has 23 heavy (non-hydrogen) atoms. The Balaban J connectivity index is 1.34. The van der Waals surface area contributed by atoms with Crippen molar-refractivity contribution in [2.75, 3.05) is 31.1 Å². The highest BCUT2D eigenvalue weighted by Gasteiger charge is 2.45. The van der Waals surface area contributed by atoms with Gasteiger partial charge in [-0.1, -0.05) is 36.4 Å². The minimum atomic E-state index is 0.193. The second kappa shape index (κ2) is 6.03. The van der Waals surface area contributed by atoms with Crippen LogP contribution in [-0.2, 0) is 4.79 Å². The van der Waals surface area contributed by atoms with Crippen LogP contribution in [0.25, 0.3) is 0 Å². The summed E-state index contributed by atoms with van der Waals surface area (Å²) >= 11 is 0. The number of carbonyl (C=O) groups excluding carboxylic acids is 1. The van der Waals surface area contributed by atoms with Gasteiger partial charge in [-0.2, -0.15) is 0 Å². The molecule has 2 heterocycles. The Morgan fingerprint density at radius 3 is 2.39 bits per heavy atom. The quantitative estimate of drug-likeness (QED) is 0.874. The molecule has 1 saturated carbocycles. The predicted molar refractivity (Wildman–Crippen MR) is 90.3 cm³/mol. The van der Waals surface area contributed by atoms with Crippen LogP contribution in [0.15, 0.2) is 54.7 Å². The Bertz CT molecular complexity index is 666. The molecule has 1 aliphatic heterocycles. The second-order valence-corrected chi connectivity index (χ2v) is 6.36. The van der Waals surface area contributed by atoms with Crippen molar-refractivity contribution in [1.82, 2.24) is 9.88 Å². The number of aromatic nitrogens is 1. The molecule has 0 bridgehead atoms. The second-order valence-electron chi connectivity index (χ2n) is 6.36. The van der Waals surface area contributed by atoms with Crippen LogP contribution >= 0.6 is 0 Å². The Morgan fingerprint density at radius 2 is 1.70 bits per heavy atom. The van der Waals surface area contributed by atoms with Crippen LogP contribution in [0.1, 0.15) is 17.9 Å². The third kappa shape index (κ3) is 2.93. The van der Waals surface area contributed by atoms with E-state index >= 15 is 0 Å². The van der Waals surface area contributed by atoms with Gasteiger partial charge in [-0.3, -0.25) is 4.79 Å². The number of hydrogen-bond donors (Lipinski definition) is 0. The lowest BCUT2D eigenvalue weighted by atomic mass is 10.1. The zero-order valence-corrected chi connectivity index (χ0v) is 13.1. The lowest BCUT2D eigenvalue weighted by molar-refractivity contribution is -0.133. The van der Waals surface area contributed by atoms with Gasteiger partial charge < -0.3 is 9.80 Å². The summed E-state index contributed by atoms with van der Waals surface area (Å²) in [5.41, 5.74) is 1.30. The molecule has 4 heteroatoms. The molecule has 0 radical (unpaired) electrons. The van der Waals surface area contributed by atoms with E-state index in [2.05, 4.69) is 34.1 Å². The van der Waals surface area contributed by atoms with Crippen molar-refractivity contribution in [2.45, 2.75) is 12.3 Å². The standard InChI is InChI=1S/C19H21N3O/c23-19(17-14-16(17)15-6-2-1-3-7-15)22-12-10-21(11-13-22)18-8-4-5-9-20-18/h1-9,16-17H,10-14H2. The largest absolute Gasteiger partial charge is 0.353 e. The Morgan fingerprint density at radius 1 is 0.957 bits per heavy atom. The molecule has 2 aromatic rings. The van der Waals surface area contributed by atoms with Crippen LogP contribution in [-0.4, -0.2) is 42.0 Å². The average Bonchev–Trinajstić information content (AvgIpc) is 3.44. The van der Waals surface area contributed by atoms with Crippen molar-refractivity contribution in [3.63, 3.8) is 0 Å². The molecule has 2 aliphatic rings. The smallest absolute Gasteiger partial charge is 0.226 e. The molecule has 2 atom stereocenters. The van der Waals surface area contributed by atoms with E-state index in [1.54, 1.807) is 0 Å². The minimum Gasteiger partial charge on any atom is -0.353 e. The van der Waals surface area contributed by atoms with Gasteiger partial charge in [-0.05, 0) is 30.0 Å².